The summed E-state index contributed by atoms with van der Waals surface area (Å²) in [5, 5.41) is 36.7. The molecule has 16 heavy (non-hydrogen) atoms. The molecule has 0 aromatic carbocycles. The maximum absolute atomic E-state index is 10.8. The third kappa shape index (κ3) is 3.42. The average Bonchev–Trinajstić information content (AvgIpc) is 2.32. The summed E-state index contributed by atoms with van der Waals surface area (Å²) in [5.74, 6) is -2.41. The number of hydrogen-bond acceptors (Lipinski definition) is 8. The van der Waals surface area contributed by atoms with Crippen LogP contribution in [0.25, 0.3) is 0 Å². The molecule has 0 rings (SSSR count). The average molecular weight is 238 g/mol. The second-order valence-electron chi connectivity index (χ2n) is 2.92. The molecule has 8 heteroatoms. The second-order valence-corrected chi connectivity index (χ2v) is 2.92. The van der Waals surface area contributed by atoms with Gasteiger partial charge in [-0.2, -0.15) is 0 Å². The second kappa shape index (κ2) is 6.38. The zero-order valence-electron chi connectivity index (χ0n) is 8.73. The van der Waals surface area contributed by atoms with Gasteiger partial charge in [0.15, 0.2) is 12.2 Å². The maximum atomic E-state index is 10.8. The molecule has 0 aliphatic heterocycles. The van der Waals surface area contributed by atoms with Gasteiger partial charge in [0, 0.05) is 0 Å². The summed E-state index contributed by atoms with van der Waals surface area (Å²) in [6.07, 6.45) is -8.28. The largest absolute Gasteiger partial charge is 0.467 e. The van der Waals surface area contributed by atoms with Gasteiger partial charge < -0.3 is 29.9 Å². The molecule has 0 aromatic rings. The van der Waals surface area contributed by atoms with Crippen LogP contribution in [0, 0.1) is 0 Å². The molecule has 4 N–H and O–H groups in total. The van der Waals surface area contributed by atoms with E-state index in [1.807, 2.05) is 0 Å². The van der Waals surface area contributed by atoms with Crippen LogP contribution >= 0.6 is 0 Å². The minimum Gasteiger partial charge on any atom is -0.467 e. The Bertz CT molecular complexity index is 226. The number of esters is 2. The van der Waals surface area contributed by atoms with Gasteiger partial charge in [0.2, 0.25) is 0 Å². The van der Waals surface area contributed by atoms with E-state index in [1.54, 1.807) is 0 Å². The molecule has 0 saturated carbocycles. The first-order valence-corrected chi connectivity index (χ1v) is 4.24. The van der Waals surface area contributed by atoms with E-state index in [-0.39, 0.29) is 0 Å². The van der Waals surface area contributed by atoms with E-state index in [1.165, 1.54) is 0 Å². The van der Waals surface area contributed by atoms with E-state index >= 15 is 0 Å². The molecule has 0 saturated heterocycles. The number of aliphatic hydroxyl groups excluding tert-OH is 4. The van der Waals surface area contributed by atoms with Gasteiger partial charge in [-0.25, -0.2) is 9.59 Å². The molecule has 0 amide bonds. The Hall–Kier alpha value is -1.22. The Morgan fingerprint density at radius 2 is 1.06 bits per heavy atom. The number of aliphatic hydroxyl groups is 4. The van der Waals surface area contributed by atoms with Crippen molar-refractivity contribution in [2.45, 2.75) is 24.4 Å². The first-order valence-electron chi connectivity index (χ1n) is 4.24. The Morgan fingerprint density at radius 1 is 0.812 bits per heavy atom. The lowest BCUT2D eigenvalue weighted by atomic mass is 10.0. The molecule has 0 aliphatic carbocycles. The summed E-state index contributed by atoms with van der Waals surface area (Å²) >= 11 is 0. The lowest BCUT2D eigenvalue weighted by Crippen LogP contribution is -2.50. The van der Waals surface area contributed by atoms with Gasteiger partial charge in [-0.05, 0) is 0 Å². The Kier molecular flexibility index (Phi) is 5.89. The third-order valence-corrected chi connectivity index (χ3v) is 1.88. The Balaban J connectivity index is 4.54. The van der Waals surface area contributed by atoms with Crippen molar-refractivity contribution in [3.05, 3.63) is 0 Å². The predicted molar refractivity (Wildman–Crippen MR) is 48.1 cm³/mol. The highest BCUT2D eigenvalue weighted by molar-refractivity contribution is 5.77. The van der Waals surface area contributed by atoms with Crippen LogP contribution in [0.2, 0.25) is 0 Å². The quantitative estimate of drug-likeness (QED) is 0.367. The summed E-state index contributed by atoms with van der Waals surface area (Å²) in [6, 6.07) is 0. The maximum Gasteiger partial charge on any atom is 0.337 e. The van der Waals surface area contributed by atoms with Crippen LogP contribution in [0.5, 0.6) is 0 Å². The summed E-state index contributed by atoms with van der Waals surface area (Å²) in [6.45, 7) is 0. The molecule has 0 fully saturated rings. The molecule has 4 atom stereocenters. The van der Waals surface area contributed by atoms with Crippen molar-refractivity contribution in [1.29, 1.82) is 0 Å². The molecule has 0 aliphatic rings. The van der Waals surface area contributed by atoms with E-state index in [0.29, 0.717) is 0 Å². The van der Waals surface area contributed by atoms with Crippen LogP contribution in [-0.2, 0) is 19.1 Å². The molecule has 94 valence electrons. The van der Waals surface area contributed by atoms with Crippen molar-refractivity contribution in [3.8, 4) is 0 Å². The van der Waals surface area contributed by atoms with Gasteiger partial charge in [-0.1, -0.05) is 0 Å². The van der Waals surface area contributed by atoms with Crippen molar-refractivity contribution in [1.82, 2.24) is 0 Å². The van der Waals surface area contributed by atoms with Gasteiger partial charge in [0.25, 0.3) is 0 Å². The van der Waals surface area contributed by atoms with Gasteiger partial charge in [-0.15, -0.1) is 0 Å². The number of hydrogen-bond donors (Lipinski definition) is 4. The normalized spacial score (nSPS) is 18.1. The van der Waals surface area contributed by atoms with Crippen LogP contribution in [0.4, 0.5) is 0 Å². The zero-order valence-corrected chi connectivity index (χ0v) is 8.73. The zero-order chi connectivity index (χ0) is 12.9. The number of rotatable bonds is 5. The van der Waals surface area contributed by atoms with Gasteiger partial charge >= 0.3 is 11.9 Å². The van der Waals surface area contributed by atoms with E-state index in [9.17, 15) is 19.8 Å². The summed E-state index contributed by atoms with van der Waals surface area (Å²) in [4.78, 5) is 21.6. The molecule has 0 heterocycles. The fourth-order valence-corrected chi connectivity index (χ4v) is 0.894. The highest BCUT2D eigenvalue weighted by Gasteiger charge is 2.38. The van der Waals surface area contributed by atoms with Crippen LogP contribution in [0.1, 0.15) is 0 Å². The molecule has 0 bridgehead atoms. The van der Waals surface area contributed by atoms with Gasteiger partial charge in [0.05, 0.1) is 14.2 Å². The van der Waals surface area contributed by atoms with E-state index < -0.39 is 36.4 Å². The SMILES string of the molecule is COC(=O)[C@@H](O)[C@@H](O)[C@@H](O)[C@@H](O)C(=O)OC. The van der Waals surface area contributed by atoms with Crippen LogP contribution < -0.4 is 0 Å². The van der Waals surface area contributed by atoms with Crippen LogP contribution in [-0.4, -0.2) is 71.0 Å². The fourth-order valence-electron chi connectivity index (χ4n) is 0.894. The summed E-state index contributed by atoms with van der Waals surface area (Å²) in [5.41, 5.74) is 0. The van der Waals surface area contributed by atoms with E-state index in [4.69, 9.17) is 10.2 Å². The van der Waals surface area contributed by atoms with E-state index in [2.05, 4.69) is 9.47 Å². The summed E-state index contributed by atoms with van der Waals surface area (Å²) in [7, 11) is 1.92. The number of ether oxygens (including phenoxy) is 2. The minimum atomic E-state index is -2.07. The van der Waals surface area contributed by atoms with E-state index in [0.717, 1.165) is 14.2 Å². The number of carbonyl (C=O) groups is 2. The van der Waals surface area contributed by atoms with Crippen molar-refractivity contribution >= 4 is 11.9 Å². The summed E-state index contributed by atoms with van der Waals surface area (Å²) < 4.78 is 8.18. The molecule has 0 aromatic heterocycles. The monoisotopic (exact) mass is 238 g/mol. The fraction of sp³-hybridized carbons (Fsp3) is 0.750. The Morgan fingerprint density at radius 3 is 1.25 bits per heavy atom. The van der Waals surface area contributed by atoms with Crippen molar-refractivity contribution in [2.24, 2.45) is 0 Å². The highest BCUT2D eigenvalue weighted by Crippen LogP contribution is 2.07. The predicted octanol–water partition coefficient (Wildman–Crippen LogP) is -3.22. The molecule has 8 nitrogen and oxygen atoms in total. The molecular weight excluding hydrogens is 224 g/mol. The first-order chi connectivity index (χ1) is 7.36. The molecular formula is C8H14O8. The standard InChI is InChI=1S/C8H14O8/c1-15-7(13)5(11)3(9)4(10)6(12)8(14)16-2/h3-6,9-12H,1-2H3/t3-,4+,5-,6+. The smallest absolute Gasteiger partial charge is 0.337 e. The Labute approximate surface area is 91.0 Å². The number of carbonyl (C=O) groups excluding carboxylic acids is 2. The number of methoxy groups -OCH3 is 2. The van der Waals surface area contributed by atoms with Gasteiger partial charge in [0.1, 0.15) is 12.2 Å². The molecule has 0 unspecified atom stereocenters. The van der Waals surface area contributed by atoms with Gasteiger partial charge in [-0.3, -0.25) is 0 Å². The third-order valence-electron chi connectivity index (χ3n) is 1.88. The molecule has 0 spiro atoms. The lowest BCUT2D eigenvalue weighted by Gasteiger charge is -2.23. The lowest BCUT2D eigenvalue weighted by molar-refractivity contribution is -0.176. The first kappa shape index (κ1) is 14.8. The van der Waals surface area contributed by atoms with Crippen molar-refractivity contribution < 1.29 is 39.5 Å². The van der Waals surface area contributed by atoms with Crippen LogP contribution in [0.15, 0.2) is 0 Å². The topological polar surface area (TPSA) is 134 Å². The highest BCUT2D eigenvalue weighted by atomic mass is 16.5. The molecule has 0 radical (unpaired) electrons. The van der Waals surface area contributed by atoms with Crippen LogP contribution in [0.3, 0.4) is 0 Å². The van der Waals surface area contributed by atoms with Crippen molar-refractivity contribution in [3.63, 3.8) is 0 Å². The van der Waals surface area contributed by atoms with Crippen molar-refractivity contribution in [2.75, 3.05) is 14.2 Å². The minimum absolute atomic E-state index is 0.960.